The molecule has 2 rings (SSSR count). The van der Waals surface area contributed by atoms with Gasteiger partial charge in [0.05, 0.1) is 29.4 Å². The van der Waals surface area contributed by atoms with Crippen molar-refractivity contribution in [1.29, 1.82) is 0 Å². The molecule has 1 aliphatic heterocycles. The van der Waals surface area contributed by atoms with Crippen LogP contribution in [-0.2, 0) is 11.3 Å². The van der Waals surface area contributed by atoms with E-state index in [1.54, 1.807) is 18.5 Å². The molecule has 0 bridgehead atoms. The highest BCUT2D eigenvalue weighted by Gasteiger charge is 2.31. The van der Waals surface area contributed by atoms with Crippen LogP contribution < -0.4 is 16.2 Å². The minimum absolute atomic E-state index is 0.0989. The second-order valence-corrected chi connectivity index (χ2v) is 6.89. The molecule has 1 aliphatic rings. The van der Waals surface area contributed by atoms with Crippen LogP contribution in [0.2, 0.25) is 0 Å². The molecular weight excluding hydrogens is 282 g/mol. The molecule has 22 heavy (non-hydrogen) atoms. The van der Waals surface area contributed by atoms with Crippen molar-refractivity contribution in [3.63, 3.8) is 0 Å². The highest BCUT2D eigenvalue weighted by Crippen LogP contribution is 2.30. The number of amides is 1. The van der Waals surface area contributed by atoms with Gasteiger partial charge in [-0.15, -0.1) is 0 Å². The molecule has 0 aliphatic carbocycles. The average Bonchev–Trinajstić information content (AvgIpc) is 2.76. The summed E-state index contributed by atoms with van der Waals surface area (Å²) in [6, 6.07) is 0.348. The standard InChI is InChI=1S/C15H27N5O2/c1-10-5-6-12(14(21)17-16)7-20(10)13-8-19(18-11(13)2)9-15(3,4)22/h8,10,12,22H,5-7,9,16H2,1-4H3,(H,17,21). The fourth-order valence-electron chi connectivity index (χ4n) is 3.04. The van der Waals surface area contributed by atoms with Gasteiger partial charge in [0.2, 0.25) is 5.91 Å². The quantitative estimate of drug-likeness (QED) is 0.429. The molecule has 2 unspecified atom stereocenters. The molecule has 0 radical (unpaired) electrons. The molecule has 0 aromatic carbocycles. The summed E-state index contributed by atoms with van der Waals surface area (Å²) < 4.78 is 1.77. The third kappa shape index (κ3) is 3.78. The summed E-state index contributed by atoms with van der Waals surface area (Å²) in [7, 11) is 0. The van der Waals surface area contributed by atoms with Crippen LogP contribution in [0.3, 0.4) is 0 Å². The Bertz CT molecular complexity index is 535. The maximum atomic E-state index is 11.8. The molecule has 4 N–H and O–H groups in total. The zero-order valence-corrected chi connectivity index (χ0v) is 13.8. The molecular formula is C15H27N5O2. The molecule has 1 aromatic rings. The summed E-state index contributed by atoms with van der Waals surface area (Å²) in [6.07, 6.45) is 3.73. The SMILES string of the molecule is Cc1nn(CC(C)(C)O)cc1N1CC(C(=O)NN)CCC1C. The fraction of sp³-hybridized carbons (Fsp3) is 0.733. The fourth-order valence-corrected chi connectivity index (χ4v) is 3.04. The van der Waals surface area contributed by atoms with Crippen molar-refractivity contribution >= 4 is 11.6 Å². The molecule has 1 fully saturated rings. The van der Waals surface area contributed by atoms with E-state index < -0.39 is 5.60 Å². The highest BCUT2D eigenvalue weighted by molar-refractivity contribution is 5.79. The van der Waals surface area contributed by atoms with Crippen molar-refractivity contribution in [2.75, 3.05) is 11.4 Å². The molecule has 7 heteroatoms. The Morgan fingerprint density at radius 1 is 1.55 bits per heavy atom. The van der Waals surface area contributed by atoms with Crippen LogP contribution in [-0.4, -0.2) is 39.0 Å². The minimum atomic E-state index is -0.814. The van der Waals surface area contributed by atoms with Gasteiger partial charge in [-0.05, 0) is 40.5 Å². The molecule has 0 saturated carbocycles. The van der Waals surface area contributed by atoms with Gasteiger partial charge in [0.25, 0.3) is 0 Å². The predicted molar refractivity (Wildman–Crippen MR) is 85.1 cm³/mol. The summed E-state index contributed by atoms with van der Waals surface area (Å²) in [6.45, 7) is 8.70. The second-order valence-electron chi connectivity index (χ2n) is 6.89. The summed E-state index contributed by atoms with van der Waals surface area (Å²) in [4.78, 5) is 14.0. The van der Waals surface area contributed by atoms with Crippen LogP contribution in [0.5, 0.6) is 0 Å². The molecule has 7 nitrogen and oxygen atoms in total. The van der Waals surface area contributed by atoms with E-state index in [1.165, 1.54) is 0 Å². The number of nitrogens with two attached hydrogens (primary N) is 1. The van der Waals surface area contributed by atoms with Gasteiger partial charge in [0, 0.05) is 18.8 Å². The number of aromatic nitrogens is 2. The lowest BCUT2D eigenvalue weighted by molar-refractivity contribution is -0.125. The van der Waals surface area contributed by atoms with Crippen molar-refractivity contribution in [3.05, 3.63) is 11.9 Å². The van der Waals surface area contributed by atoms with Gasteiger partial charge in [-0.1, -0.05) is 0 Å². The number of anilines is 1. The van der Waals surface area contributed by atoms with Crippen molar-refractivity contribution < 1.29 is 9.90 Å². The molecule has 124 valence electrons. The normalized spacial score (nSPS) is 22.7. The Hall–Kier alpha value is -1.60. The average molecular weight is 309 g/mol. The van der Waals surface area contributed by atoms with Gasteiger partial charge in [-0.25, -0.2) is 5.84 Å². The molecule has 2 heterocycles. The Morgan fingerprint density at radius 3 is 2.82 bits per heavy atom. The van der Waals surface area contributed by atoms with E-state index in [9.17, 15) is 9.90 Å². The van der Waals surface area contributed by atoms with E-state index in [-0.39, 0.29) is 11.8 Å². The Morgan fingerprint density at radius 2 is 2.23 bits per heavy atom. The Labute approximate surface area is 131 Å². The van der Waals surface area contributed by atoms with Crippen LogP contribution >= 0.6 is 0 Å². The summed E-state index contributed by atoms with van der Waals surface area (Å²) >= 11 is 0. The monoisotopic (exact) mass is 309 g/mol. The lowest BCUT2D eigenvalue weighted by Crippen LogP contribution is -2.48. The number of carbonyl (C=O) groups excluding carboxylic acids is 1. The Kier molecular flexibility index (Phi) is 4.77. The van der Waals surface area contributed by atoms with Gasteiger partial charge in [-0.3, -0.25) is 14.9 Å². The van der Waals surface area contributed by atoms with Crippen LogP contribution in [0.15, 0.2) is 6.20 Å². The number of carbonyl (C=O) groups is 1. The van der Waals surface area contributed by atoms with Gasteiger partial charge in [0.1, 0.15) is 0 Å². The van der Waals surface area contributed by atoms with E-state index in [0.717, 1.165) is 24.2 Å². The Balaban J connectivity index is 2.20. The number of nitrogens with one attached hydrogen (secondary N) is 1. The molecule has 1 amide bonds. The third-order valence-corrected chi connectivity index (χ3v) is 4.17. The summed E-state index contributed by atoms with van der Waals surface area (Å²) in [5.74, 6) is 5.05. The van der Waals surface area contributed by atoms with Crippen LogP contribution in [0, 0.1) is 12.8 Å². The first-order valence-electron chi connectivity index (χ1n) is 7.75. The number of hydrogen-bond acceptors (Lipinski definition) is 5. The van der Waals surface area contributed by atoms with Gasteiger partial charge in [0.15, 0.2) is 0 Å². The highest BCUT2D eigenvalue weighted by atomic mass is 16.3. The van der Waals surface area contributed by atoms with Crippen LogP contribution in [0.25, 0.3) is 0 Å². The summed E-state index contributed by atoms with van der Waals surface area (Å²) in [5, 5.41) is 14.4. The maximum absolute atomic E-state index is 11.8. The van der Waals surface area contributed by atoms with Crippen molar-refractivity contribution in [1.82, 2.24) is 15.2 Å². The molecule has 2 atom stereocenters. The van der Waals surface area contributed by atoms with Crippen molar-refractivity contribution in [2.24, 2.45) is 11.8 Å². The van der Waals surface area contributed by atoms with Crippen LogP contribution in [0.4, 0.5) is 5.69 Å². The second kappa shape index (κ2) is 6.26. The molecule has 0 spiro atoms. The van der Waals surface area contributed by atoms with E-state index in [4.69, 9.17) is 5.84 Å². The molecule has 1 saturated heterocycles. The summed E-state index contributed by atoms with van der Waals surface area (Å²) in [5.41, 5.74) is 3.37. The van der Waals surface area contributed by atoms with Crippen molar-refractivity contribution in [2.45, 2.75) is 58.7 Å². The first-order chi connectivity index (χ1) is 10.2. The largest absolute Gasteiger partial charge is 0.389 e. The van der Waals surface area contributed by atoms with Crippen molar-refractivity contribution in [3.8, 4) is 0 Å². The first kappa shape index (κ1) is 16.8. The lowest BCUT2D eigenvalue weighted by Gasteiger charge is -2.38. The third-order valence-electron chi connectivity index (χ3n) is 4.17. The lowest BCUT2D eigenvalue weighted by atomic mass is 9.92. The first-order valence-corrected chi connectivity index (χ1v) is 7.75. The molecule has 1 aromatic heterocycles. The van der Waals surface area contributed by atoms with Gasteiger partial charge >= 0.3 is 0 Å². The number of piperidine rings is 1. The number of aliphatic hydroxyl groups is 1. The van der Waals surface area contributed by atoms with E-state index in [2.05, 4.69) is 22.3 Å². The van der Waals surface area contributed by atoms with E-state index in [0.29, 0.717) is 19.1 Å². The van der Waals surface area contributed by atoms with E-state index in [1.807, 2.05) is 13.1 Å². The van der Waals surface area contributed by atoms with E-state index >= 15 is 0 Å². The number of rotatable bonds is 4. The number of aryl methyl sites for hydroxylation is 1. The number of hydrazine groups is 1. The zero-order chi connectivity index (χ0) is 16.5. The zero-order valence-electron chi connectivity index (χ0n) is 13.8. The topological polar surface area (TPSA) is 96.4 Å². The number of hydrogen-bond donors (Lipinski definition) is 3. The minimum Gasteiger partial charge on any atom is -0.389 e. The van der Waals surface area contributed by atoms with Gasteiger partial charge < -0.3 is 10.0 Å². The van der Waals surface area contributed by atoms with Crippen LogP contribution in [0.1, 0.15) is 39.3 Å². The van der Waals surface area contributed by atoms with Gasteiger partial charge in [-0.2, -0.15) is 5.10 Å². The maximum Gasteiger partial charge on any atom is 0.238 e. The number of nitrogens with zero attached hydrogens (tertiary/aromatic N) is 3. The smallest absolute Gasteiger partial charge is 0.238 e. The predicted octanol–water partition coefficient (Wildman–Crippen LogP) is 0.557.